The fourth-order valence-corrected chi connectivity index (χ4v) is 2.66. The maximum absolute atomic E-state index is 13.6. The first kappa shape index (κ1) is 18.8. The number of amides is 1. The molecular weight excluding hydrogens is 314 g/mol. The highest BCUT2D eigenvalue weighted by Gasteiger charge is 2.39. The van der Waals surface area contributed by atoms with Crippen molar-refractivity contribution in [2.45, 2.75) is 19.4 Å². The maximum Gasteiger partial charge on any atom is 0.228 e. The molecule has 1 heterocycles. The van der Waals surface area contributed by atoms with Gasteiger partial charge in [-0.15, -0.1) is 12.4 Å². The SMILES string of the molecule is COCC1(C(=O)NCc2cc(F)ccc2F)CCNCC1.Cl. The summed E-state index contributed by atoms with van der Waals surface area (Å²) < 4.78 is 31.8. The van der Waals surface area contributed by atoms with Gasteiger partial charge in [0, 0.05) is 19.2 Å². The molecule has 0 aliphatic carbocycles. The van der Waals surface area contributed by atoms with E-state index in [1.54, 1.807) is 7.11 Å². The Labute approximate surface area is 135 Å². The lowest BCUT2D eigenvalue weighted by molar-refractivity contribution is -0.136. The number of methoxy groups -OCH3 is 1. The number of carbonyl (C=O) groups excluding carboxylic acids is 1. The number of piperidine rings is 1. The summed E-state index contributed by atoms with van der Waals surface area (Å²) >= 11 is 0. The Balaban J connectivity index is 0.00000242. The molecule has 0 aromatic heterocycles. The molecule has 1 aliphatic heterocycles. The average Bonchev–Trinajstić information content (AvgIpc) is 2.49. The van der Waals surface area contributed by atoms with Crippen LogP contribution in [0, 0.1) is 17.0 Å². The van der Waals surface area contributed by atoms with Gasteiger partial charge in [0.25, 0.3) is 0 Å². The summed E-state index contributed by atoms with van der Waals surface area (Å²) in [6.07, 6.45) is 1.33. The van der Waals surface area contributed by atoms with E-state index in [1.165, 1.54) is 0 Å². The second-order valence-electron chi connectivity index (χ2n) is 5.38. The van der Waals surface area contributed by atoms with E-state index in [0.717, 1.165) is 31.3 Å². The Morgan fingerprint density at radius 2 is 2.05 bits per heavy atom. The third kappa shape index (κ3) is 4.38. The van der Waals surface area contributed by atoms with Crippen molar-refractivity contribution in [3.8, 4) is 0 Å². The molecule has 1 saturated heterocycles. The Bertz CT molecular complexity index is 503. The predicted molar refractivity (Wildman–Crippen MR) is 81.9 cm³/mol. The highest BCUT2D eigenvalue weighted by molar-refractivity contribution is 5.85. The molecule has 2 N–H and O–H groups in total. The van der Waals surface area contributed by atoms with Crippen LogP contribution in [-0.4, -0.2) is 32.7 Å². The summed E-state index contributed by atoms with van der Waals surface area (Å²) in [4.78, 5) is 12.4. The summed E-state index contributed by atoms with van der Waals surface area (Å²) in [6.45, 7) is 1.78. The molecule has 0 unspecified atom stereocenters. The molecule has 1 aromatic rings. The third-order valence-corrected chi connectivity index (χ3v) is 3.91. The predicted octanol–water partition coefficient (Wildman–Crippen LogP) is 2.02. The van der Waals surface area contributed by atoms with E-state index in [1.807, 2.05) is 0 Å². The molecule has 0 radical (unpaired) electrons. The van der Waals surface area contributed by atoms with Crippen molar-refractivity contribution in [2.24, 2.45) is 5.41 Å². The van der Waals surface area contributed by atoms with Gasteiger partial charge in [0.2, 0.25) is 5.91 Å². The zero-order chi connectivity index (χ0) is 15.3. The first-order chi connectivity index (χ1) is 10.1. The van der Waals surface area contributed by atoms with Crippen molar-refractivity contribution in [3.05, 3.63) is 35.4 Å². The topological polar surface area (TPSA) is 50.4 Å². The van der Waals surface area contributed by atoms with Crippen molar-refractivity contribution < 1.29 is 18.3 Å². The third-order valence-electron chi connectivity index (χ3n) is 3.91. The highest BCUT2D eigenvalue weighted by atomic mass is 35.5. The molecule has 1 amide bonds. The monoisotopic (exact) mass is 334 g/mol. The van der Waals surface area contributed by atoms with Crippen LogP contribution in [0.4, 0.5) is 8.78 Å². The van der Waals surface area contributed by atoms with Crippen LogP contribution in [0.1, 0.15) is 18.4 Å². The summed E-state index contributed by atoms with van der Waals surface area (Å²) in [7, 11) is 1.56. The number of nitrogens with one attached hydrogen (secondary N) is 2. The Morgan fingerprint density at radius 3 is 2.68 bits per heavy atom. The van der Waals surface area contributed by atoms with Gasteiger partial charge >= 0.3 is 0 Å². The van der Waals surface area contributed by atoms with E-state index in [-0.39, 0.29) is 30.4 Å². The number of carbonyl (C=O) groups is 1. The van der Waals surface area contributed by atoms with Crippen molar-refractivity contribution in [3.63, 3.8) is 0 Å². The quantitative estimate of drug-likeness (QED) is 0.866. The number of benzene rings is 1. The molecule has 0 atom stereocenters. The standard InChI is InChI=1S/C15H20F2N2O2.ClH/c1-21-10-15(4-6-18-7-5-15)14(20)19-9-11-8-12(16)2-3-13(11)17;/h2-3,8,18H,4-7,9-10H2,1H3,(H,19,20);1H. The molecular formula is C15H21ClF2N2O2. The fraction of sp³-hybridized carbons (Fsp3) is 0.533. The van der Waals surface area contributed by atoms with E-state index in [4.69, 9.17) is 4.74 Å². The lowest BCUT2D eigenvalue weighted by Crippen LogP contribution is -2.50. The first-order valence-corrected chi connectivity index (χ1v) is 6.99. The molecule has 0 bridgehead atoms. The van der Waals surface area contributed by atoms with Crippen LogP contribution in [0.3, 0.4) is 0 Å². The van der Waals surface area contributed by atoms with Gasteiger partial charge in [-0.05, 0) is 44.1 Å². The van der Waals surface area contributed by atoms with Crippen molar-refractivity contribution in [1.29, 1.82) is 0 Å². The van der Waals surface area contributed by atoms with Crippen molar-refractivity contribution >= 4 is 18.3 Å². The summed E-state index contributed by atoms with van der Waals surface area (Å²) in [5, 5.41) is 5.91. The van der Waals surface area contributed by atoms with Gasteiger partial charge in [0.05, 0.1) is 12.0 Å². The van der Waals surface area contributed by atoms with Crippen LogP contribution in [0.15, 0.2) is 18.2 Å². The zero-order valence-electron chi connectivity index (χ0n) is 12.5. The molecule has 1 aromatic carbocycles. The zero-order valence-corrected chi connectivity index (χ0v) is 13.3. The summed E-state index contributed by atoms with van der Waals surface area (Å²) in [6, 6.07) is 3.22. The molecule has 4 nitrogen and oxygen atoms in total. The number of ether oxygens (including phenoxy) is 1. The summed E-state index contributed by atoms with van der Waals surface area (Å²) in [5.74, 6) is -1.22. The van der Waals surface area contributed by atoms with Gasteiger partial charge in [-0.3, -0.25) is 4.79 Å². The second-order valence-corrected chi connectivity index (χ2v) is 5.38. The van der Waals surface area contributed by atoms with E-state index >= 15 is 0 Å². The lowest BCUT2D eigenvalue weighted by atomic mass is 9.78. The molecule has 22 heavy (non-hydrogen) atoms. The molecule has 0 spiro atoms. The minimum atomic E-state index is -0.593. The highest BCUT2D eigenvalue weighted by Crippen LogP contribution is 2.29. The van der Waals surface area contributed by atoms with E-state index in [0.29, 0.717) is 19.4 Å². The molecule has 1 aliphatic rings. The minimum absolute atomic E-state index is 0. The average molecular weight is 335 g/mol. The Kier molecular flexibility index (Phi) is 7.19. The van der Waals surface area contributed by atoms with E-state index in [2.05, 4.69) is 10.6 Å². The van der Waals surface area contributed by atoms with Crippen LogP contribution in [0.25, 0.3) is 0 Å². The Morgan fingerprint density at radius 1 is 1.36 bits per heavy atom. The van der Waals surface area contributed by atoms with Crippen molar-refractivity contribution in [2.75, 3.05) is 26.8 Å². The molecule has 0 saturated carbocycles. The molecule has 7 heteroatoms. The van der Waals surface area contributed by atoms with Crippen LogP contribution in [-0.2, 0) is 16.1 Å². The number of hydrogen-bond acceptors (Lipinski definition) is 3. The van der Waals surface area contributed by atoms with Gasteiger partial charge in [0.1, 0.15) is 11.6 Å². The van der Waals surface area contributed by atoms with Gasteiger partial charge in [-0.25, -0.2) is 8.78 Å². The van der Waals surface area contributed by atoms with Crippen LogP contribution in [0.5, 0.6) is 0 Å². The van der Waals surface area contributed by atoms with Gasteiger partial charge < -0.3 is 15.4 Å². The largest absolute Gasteiger partial charge is 0.384 e. The van der Waals surface area contributed by atoms with Gasteiger partial charge in [-0.1, -0.05) is 0 Å². The number of halogens is 3. The van der Waals surface area contributed by atoms with Crippen LogP contribution in [0.2, 0.25) is 0 Å². The van der Waals surface area contributed by atoms with Gasteiger partial charge in [-0.2, -0.15) is 0 Å². The number of rotatable bonds is 5. The first-order valence-electron chi connectivity index (χ1n) is 6.99. The van der Waals surface area contributed by atoms with Crippen LogP contribution < -0.4 is 10.6 Å². The van der Waals surface area contributed by atoms with E-state index in [9.17, 15) is 13.6 Å². The second kappa shape index (κ2) is 8.41. The maximum atomic E-state index is 13.6. The van der Waals surface area contributed by atoms with E-state index < -0.39 is 17.0 Å². The number of hydrogen-bond donors (Lipinski definition) is 2. The molecule has 2 rings (SSSR count). The minimum Gasteiger partial charge on any atom is -0.384 e. The molecule has 1 fully saturated rings. The van der Waals surface area contributed by atoms with Crippen LogP contribution >= 0.6 is 12.4 Å². The summed E-state index contributed by atoms with van der Waals surface area (Å²) in [5.41, 5.74) is -0.450. The smallest absolute Gasteiger partial charge is 0.228 e. The fourth-order valence-electron chi connectivity index (χ4n) is 2.66. The lowest BCUT2D eigenvalue weighted by Gasteiger charge is -2.35. The van der Waals surface area contributed by atoms with Crippen molar-refractivity contribution in [1.82, 2.24) is 10.6 Å². The molecule has 124 valence electrons. The Hall–Kier alpha value is -1.24. The van der Waals surface area contributed by atoms with Gasteiger partial charge in [0.15, 0.2) is 0 Å². The normalized spacial score (nSPS) is 16.7.